The van der Waals surface area contributed by atoms with Crippen molar-refractivity contribution in [1.82, 2.24) is 9.88 Å². The minimum atomic E-state index is -0.147. The molecule has 15 heavy (non-hydrogen) atoms. The molecule has 0 spiro atoms. The molecule has 1 aliphatic carbocycles. The molecule has 1 saturated carbocycles. The minimum Gasteiger partial charge on any atom is -0.391 e. The van der Waals surface area contributed by atoms with Gasteiger partial charge < -0.3 is 5.11 Å². The first kappa shape index (κ1) is 10.6. The van der Waals surface area contributed by atoms with Gasteiger partial charge in [-0.1, -0.05) is 6.07 Å². The van der Waals surface area contributed by atoms with Crippen LogP contribution in [0, 0.1) is 0 Å². The zero-order chi connectivity index (χ0) is 10.7. The van der Waals surface area contributed by atoms with Gasteiger partial charge in [-0.3, -0.25) is 9.88 Å². The van der Waals surface area contributed by atoms with Crippen molar-refractivity contribution in [3.05, 3.63) is 30.1 Å². The summed E-state index contributed by atoms with van der Waals surface area (Å²) in [5.41, 5.74) is 1.21. The van der Waals surface area contributed by atoms with E-state index in [4.69, 9.17) is 0 Å². The Bertz CT molecular complexity index is 302. The van der Waals surface area contributed by atoms with E-state index < -0.39 is 0 Å². The van der Waals surface area contributed by atoms with Gasteiger partial charge in [-0.15, -0.1) is 0 Å². The van der Waals surface area contributed by atoms with E-state index in [1.165, 1.54) is 5.56 Å². The van der Waals surface area contributed by atoms with E-state index in [0.717, 1.165) is 25.8 Å². The van der Waals surface area contributed by atoms with Crippen LogP contribution in [0.1, 0.15) is 24.8 Å². The lowest BCUT2D eigenvalue weighted by atomic mass is 10.1. The van der Waals surface area contributed by atoms with E-state index in [0.29, 0.717) is 6.04 Å². The van der Waals surface area contributed by atoms with Crippen LogP contribution in [0.15, 0.2) is 24.5 Å². The highest BCUT2D eigenvalue weighted by Gasteiger charge is 2.28. The van der Waals surface area contributed by atoms with Crippen molar-refractivity contribution in [2.24, 2.45) is 0 Å². The molecule has 2 atom stereocenters. The zero-order valence-electron chi connectivity index (χ0n) is 9.13. The molecule has 1 aromatic heterocycles. The maximum Gasteiger partial charge on any atom is 0.0695 e. The van der Waals surface area contributed by atoms with Crippen LogP contribution in [0.4, 0.5) is 0 Å². The molecule has 0 saturated heterocycles. The first-order valence-electron chi connectivity index (χ1n) is 5.54. The molecule has 1 aliphatic rings. The summed E-state index contributed by atoms with van der Waals surface area (Å²) in [7, 11) is 2.08. The van der Waals surface area contributed by atoms with Gasteiger partial charge in [0.1, 0.15) is 0 Å². The van der Waals surface area contributed by atoms with Gasteiger partial charge in [0.15, 0.2) is 0 Å². The lowest BCUT2D eigenvalue weighted by molar-refractivity contribution is 0.0824. The minimum absolute atomic E-state index is 0.147. The van der Waals surface area contributed by atoms with Gasteiger partial charge in [-0.2, -0.15) is 0 Å². The van der Waals surface area contributed by atoms with Gasteiger partial charge in [0.05, 0.1) is 6.10 Å². The summed E-state index contributed by atoms with van der Waals surface area (Å²) >= 11 is 0. The van der Waals surface area contributed by atoms with Gasteiger partial charge in [0.2, 0.25) is 0 Å². The van der Waals surface area contributed by atoms with Crippen molar-refractivity contribution in [1.29, 1.82) is 0 Å². The Labute approximate surface area is 90.8 Å². The van der Waals surface area contributed by atoms with Gasteiger partial charge in [0, 0.05) is 25.0 Å². The number of aliphatic hydroxyl groups excluding tert-OH is 1. The molecule has 0 amide bonds. The largest absolute Gasteiger partial charge is 0.391 e. The van der Waals surface area contributed by atoms with Crippen molar-refractivity contribution < 1.29 is 5.11 Å². The number of aromatic nitrogens is 1. The molecule has 1 fully saturated rings. The van der Waals surface area contributed by atoms with Gasteiger partial charge in [-0.25, -0.2) is 0 Å². The lowest BCUT2D eigenvalue weighted by Crippen LogP contribution is -2.36. The Balaban J connectivity index is 1.94. The molecule has 0 aromatic carbocycles. The van der Waals surface area contributed by atoms with Crippen LogP contribution in [-0.2, 0) is 6.54 Å². The predicted molar refractivity (Wildman–Crippen MR) is 59.3 cm³/mol. The summed E-state index contributed by atoms with van der Waals surface area (Å²) < 4.78 is 0. The molecule has 0 unspecified atom stereocenters. The number of rotatable bonds is 3. The van der Waals surface area contributed by atoms with Crippen LogP contribution in [0.5, 0.6) is 0 Å². The molecule has 0 bridgehead atoms. The van der Waals surface area contributed by atoms with Crippen LogP contribution in [0.3, 0.4) is 0 Å². The van der Waals surface area contributed by atoms with E-state index in [1.807, 2.05) is 12.3 Å². The molecular weight excluding hydrogens is 188 g/mol. The average Bonchev–Trinajstić information content (AvgIpc) is 2.66. The van der Waals surface area contributed by atoms with Crippen LogP contribution < -0.4 is 0 Å². The average molecular weight is 206 g/mol. The summed E-state index contributed by atoms with van der Waals surface area (Å²) in [6.45, 7) is 0.871. The number of hydrogen-bond acceptors (Lipinski definition) is 3. The number of aliphatic hydroxyl groups is 1. The molecule has 2 rings (SSSR count). The molecular formula is C12H18N2O. The first-order chi connectivity index (χ1) is 7.27. The Hall–Kier alpha value is -0.930. The fourth-order valence-electron chi connectivity index (χ4n) is 2.33. The summed E-state index contributed by atoms with van der Waals surface area (Å²) in [6.07, 6.45) is 6.72. The van der Waals surface area contributed by atoms with E-state index in [2.05, 4.69) is 23.0 Å². The zero-order valence-corrected chi connectivity index (χ0v) is 9.13. The summed E-state index contributed by atoms with van der Waals surface area (Å²) in [4.78, 5) is 6.33. The molecule has 1 N–H and O–H groups in total. The van der Waals surface area contributed by atoms with Crippen LogP contribution in [0.2, 0.25) is 0 Å². The Morgan fingerprint density at radius 1 is 1.53 bits per heavy atom. The number of pyridine rings is 1. The SMILES string of the molecule is CN(Cc1cccnc1)[C@H]1CCC[C@@H]1O. The number of likely N-dealkylation sites (N-methyl/N-ethyl adjacent to an activating group) is 1. The second-order valence-corrected chi connectivity index (χ2v) is 4.34. The third-order valence-corrected chi connectivity index (χ3v) is 3.16. The topological polar surface area (TPSA) is 36.4 Å². The number of nitrogens with zero attached hydrogens (tertiary/aromatic N) is 2. The standard InChI is InChI=1S/C12H18N2O/c1-14(11-5-2-6-12(11)15)9-10-4-3-7-13-8-10/h3-4,7-8,11-12,15H,2,5-6,9H2,1H3/t11-,12-/m0/s1. The van der Waals surface area contributed by atoms with E-state index in [-0.39, 0.29) is 6.10 Å². The van der Waals surface area contributed by atoms with Crippen LogP contribution in [-0.4, -0.2) is 34.2 Å². The quantitative estimate of drug-likeness (QED) is 0.812. The van der Waals surface area contributed by atoms with Crippen molar-refractivity contribution in [2.45, 2.75) is 38.0 Å². The van der Waals surface area contributed by atoms with Crippen LogP contribution >= 0.6 is 0 Å². The summed E-state index contributed by atoms with van der Waals surface area (Å²) in [6, 6.07) is 4.35. The van der Waals surface area contributed by atoms with Crippen molar-refractivity contribution in [3.8, 4) is 0 Å². The predicted octanol–water partition coefficient (Wildman–Crippen LogP) is 1.43. The van der Waals surface area contributed by atoms with Gasteiger partial charge in [0.25, 0.3) is 0 Å². The van der Waals surface area contributed by atoms with Crippen molar-refractivity contribution in [3.63, 3.8) is 0 Å². The highest BCUT2D eigenvalue weighted by Crippen LogP contribution is 2.24. The molecule has 1 heterocycles. The monoisotopic (exact) mass is 206 g/mol. The number of hydrogen-bond donors (Lipinski definition) is 1. The normalized spacial score (nSPS) is 26.1. The fraction of sp³-hybridized carbons (Fsp3) is 0.583. The van der Waals surface area contributed by atoms with Crippen molar-refractivity contribution >= 4 is 0 Å². The fourth-order valence-corrected chi connectivity index (χ4v) is 2.33. The second-order valence-electron chi connectivity index (χ2n) is 4.34. The highest BCUT2D eigenvalue weighted by molar-refractivity contribution is 5.08. The second kappa shape index (κ2) is 4.73. The Morgan fingerprint density at radius 3 is 3.00 bits per heavy atom. The molecule has 0 aliphatic heterocycles. The highest BCUT2D eigenvalue weighted by atomic mass is 16.3. The molecule has 0 radical (unpaired) electrons. The molecule has 3 nitrogen and oxygen atoms in total. The lowest BCUT2D eigenvalue weighted by Gasteiger charge is -2.26. The summed E-state index contributed by atoms with van der Waals surface area (Å²) in [5, 5.41) is 9.78. The maximum atomic E-state index is 9.78. The third kappa shape index (κ3) is 2.55. The first-order valence-corrected chi connectivity index (χ1v) is 5.54. The Morgan fingerprint density at radius 2 is 2.40 bits per heavy atom. The van der Waals surface area contributed by atoms with E-state index in [1.54, 1.807) is 6.20 Å². The third-order valence-electron chi connectivity index (χ3n) is 3.16. The van der Waals surface area contributed by atoms with E-state index in [9.17, 15) is 5.11 Å². The van der Waals surface area contributed by atoms with E-state index >= 15 is 0 Å². The maximum absolute atomic E-state index is 9.78. The van der Waals surface area contributed by atoms with Crippen LogP contribution in [0.25, 0.3) is 0 Å². The van der Waals surface area contributed by atoms with Gasteiger partial charge >= 0.3 is 0 Å². The smallest absolute Gasteiger partial charge is 0.0695 e. The molecule has 3 heteroatoms. The molecule has 82 valence electrons. The Kier molecular flexibility index (Phi) is 3.34. The van der Waals surface area contributed by atoms with Gasteiger partial charge in [-0.05, 0) is 37.9 Å². The summed E-state index contributed by atoms with van der Waals surface area (Å²) in [5.74, 6) is 0. The van der Waals surface area contributed by atoms with Crippen molar-refractivity contribution in [2.75, 3.05) is 7.05 Å². The molecule has 1 aromatic rings.